The second-order valence-corrected chi connectivity index (χ2v) is 13.2. The number of aromatic amines is 1. The number of nitrogens with one attached hydrogen (secondary N) is 1. The number of hydrogen-bond donors (Lipinski definition) is 1. The van der Waals surface area contributed by atoms with Crippen molar-refractivity contribution in [1.82, 2.24) is 19.5 Å². The molecule has 0 radical (unpaired) electrons. The zero-order valence-corrected chi connectivity index (χ0v) is 30.6. The van der Waals surface area contributed by atoms with E-state index in [1.807, 2.05) is 68.4 Å². The highest BCUT2D eigenvalue weighted by Gasteiger charge is 2.33. The summed E-state index contributed by atoms with van der Waals surface area (Å²) in [4.78, 5) is 34.7. The van der Waals surface area contributed by atoms with Gasteiger partial charge in [-0.05, 0) is 69.1 Å². The third-order valence-corrected chi connectivity index (χ3v) is 9.09. The van der Waals surface area contributed by atoms with Crippen molar-refractivity contribution in [3.63, 3.8) is 0 Å². The summed E-state index contributed by atoms with van der Waals surface area (Å²) in [5, 5.41) is 3.35. The number of amides is 1. The Morgan fingerprint density at radius 2 is 1.61 bits per heavy atom. The molecule has 266 valence electrons. The first-order chi connectivity index (χ1) is 23.8. The number of carbonyl (C=O) groups excluding carboxylic acids is 2. The molecule has 4 aromatic rings. The summed E-state index contributed by atoms with van der Waals surface area (Å²) in [6.45, 7) is 16.2. The summed E-state index contributed by atoms with van der Waals surface area (Å²) in [7, 11) is 0. The van der Waals surface area contributed by atoms with E-state index in [0.29, 0.717) is 54.3 Å². The first-order valence-corrected chi connectivity index (χ1v) is 18.4. The zero-order valence-electron chi connectivity index (χ0n) is 30.6. The van der Waals surface area contributed by atoms with Crippen molar-refractivity contribution in [1.29, 1.82) is 0 Å². The van der Waals surface area contributed by atoms with E-state index in [9.17, 15) is 9.59 Å². The van der Waals surface area contributed by atoms with Gasteiger partial charge < -0.3 is 19.1 Å². The van der Waals surface area contributed by atoms with Gasteiger partial charge >= 0.3 is 12.1 Å². The van der Waals surface area contributed by atoms with E-state index in [-0.39, 0.29) is 17.5 Å². The molecule has 2 atom stereocenters. The minimum atomic E-state index is -0.514. The molecule has 9 heteroatoms. The fourth-order valence-electron chi connectivity index (χ4n) is 6.36. The highest BCUT2D eigenvalue weighted by molar-refractivity contribution is 6.06. The predicted octanol–water partition coefficient (Wildman–Crippen LogP) is 10.2. The molecular weight excluding hydrogens is 616 g/mol. The molecule has 2 heterocycles. The van der Waals surface area contributed by atoms with Crippen LogP contribution in [0.5, 0.6) is 11.6 Å². The summed E-state index contributed by atoms with van der Waals surface area (Å²) in [5.41, 5.74) is 2.50. The van der Waals surface area contributed by atoms with Crippen LogP contribution in [0.1, 0.15) is 110 Å². The van der Waals surface area contributed by atoms with Crippen LogP contribution in [0.4, 0.5) is 4.79 Å². The van der Waals surface area contributed by atoms with Crippen molar-refractivity contribution in [2.45, 2.75) is 106 Å². The molecule has 4 rings (SSSR count). The number of H-pyrrole nitrogens is 1. The second kappa shape index (κ2) is 18.5. The molecular formula is C40H56N4O5. The van der Waals surface area contributed by atoms with Crippen molar-refractivity contribution < 1.29 is 23.8 Å². The minimum absolute atomic E-state index is 0.183. The van der Waals surface area contributed by atoms with Crippen LogP contribution in [0, 0.1) is 11.8 Å². The van der Waals surface area contributed by atoms with Crippen molar-refractivity contribution in [3.05, 3.63) is 60.2 Å². The van der Waals surface area contributed by atoms with E-state index in [1.54, 1.807) is 9.42 Å². The Balaban J connectivity index is 1.89. The zero-order chi connectivity index (χ0) is 35.3. The Morgan fingerprint density at radius 3 is 2.27 bits per heavy atom. The highest BCUT2D eigenvalue weighted by Crippen LogP contribution is 2.41. The maximum atomic E-state index is 14.6. The van der Waals surface area contributed by atoms with E-state index in [1.165, 1.54) is 0 Å². The van der Waals surface area contributed by atoms with Gasteiger partial charge in [-0.25, -0.2) is 19.1 Å². The first-order valence-electron chi connectivity index (χ1n) is 18.4. The molecule has 0 aliphatic carbocycles. The monoisotopic (exact) mass is 672 g/mol. The average molecular weight is 673 g/mol. The van der Waals surface area contributed by atoms with Crippen LogP contribution in [-0.4, -0.2) is 57.4 Å². The number of para-hydroxylation sites is 1. The SMILES string of the molecule is CCCCOc1ccccc1-c1nc2c(C(=O)OC(CCC(CC)CCC)CC(C)C)c(-c3ccccc3)c(OC(=O)N(CC)CC)n2[nH]1. The Morgan fingerprint density at radius 1 is 0.898 bits per heavy atom. The van der Waals surface area contributed by atoms with Crippen molar-refractivity contribution in [3.8, 4) is 34.1 Å². The van der Waals surface area contributed by atoms with Gasteiger partial charge in [0.05, 0.1) is 17.7 Å². The lowest BCUT2D eigenvalue weighted by molar-refractivity contribution is 0.0216. The number of carbonyl (C=O) groups is 2. The van der Waals surface area contributed by atoms with Crippen LogP contribution in [0.3, 0.4) is 0 Å². The lowest BCUT2D eigenvalue weighted by Gasteiger charge is -2.22. The van der Waals surface area contributed by atoms with Crippen molar-refractivity contribution >= 4 is 17.7 Å². The molecule has 0 saturated heterocycles. The van der Waals surface area contributed by atoms with Crippen LogP contribution in [0.2, 0.25) is 0 Å². The largest absolute Gasteiger partial charge is 0.493 e. The maximum absolute atomic E-state index is 14.6. The van der Waals surface area contributed by atoms with Gasteiger partial charge in [-0.2, -0.15) is 0 Å². The minimum Gasteiger partial charge on any atom is -0.493 e. The van der Waals surface area contributed by atoms with Gasteiger partial charge in [-0.1, -0.05) is 103 Å². The van der Waals surface area contributed by atoms with E-state index in [0.717, 1.165) is 62.5 Å². The molecule has 2 unspecified atom stereocenters. The lowest BCUT2D eigenvalue weighted by atomic mass is 9.92. The number of nitrogens with zero attached hydrogens (tertiary/aromatic N) is 3. The molecule has 1 N–H and O–H groups in total. The highest BCUT2D eigenvalue weighted by atomic mass is 16.6. The Hall–Kier alpha value is -4.27. The fraction of sp³-hybridized carbons (Fsp3) is 0.525. The molecule has 0 fully saturated rings. The molecule has 9 nitrogen and oxygen atoms in total. The fourth-order valence-corrected chi connectivity index (χ4v) is 6.36. The van der Waals surface area contributed by atoms with Crippen LogP contribution in [-0.2, 0) is 4.74 Å². The number of aromatic nitrogens is 3. The quantitative estimate of drug-likeness (QED) is 0.0786. The standard InChI is InChI=1S/C40H56N4O5/c1-8-13-26-47-33-23-18-17-22-32(33)36-41-37-35(39(45)48-31(27-28(6)7)25-24-29(10-3)19-9-2)34(30-20-15-14-16-21-30)38(44(37)42-36)49-40(46)43(11-4)12-5/h14-18,20-23,28-29,31H,8-13,19,24-27H2,1-7H3,(H,41,42). The summed E-state index contributed by atoms with van der Waals surface area (Å²) in [5.74, 6) is 1.80. The third kappa shape index (κ3) is 9.46. The van der Waals surface area contributed by atoms with Gasteiger partial charge in [-0.15, -0.1) is 0 Å². The number of fused-ring (bicyclic) bond motifs is 1. The van der Waals surface area contributed by atoms with E-state index < -0.39 is 12.1 Å². The number of rotatable bonds is 19. The van der Waals surface area contributed by atoms with E-state index in [4.69, 9.17) is 19.2 Å². The predicted molar refractivity (Wildman–Crippen MR) is 196 cm³/mol. The molecule has 49 heavy (non-hydrogen) atoms. The van der Waals surface area contributed by atoms with Crippen LogP contribution >= 0.6 is 0 Å². The molecule has 2 aromatic carbocycles. The van der Waals surface area contributed by atoms with Crippen molar-refractivity contribution in [2.75, 3.05) is 19.7 Å². The molecule has 0 spiro atoms. The van der Waals surface area contributed by atoms with Gasteiger partial charge in [0.15, 0.2) is 11.5 Å². The first kappa shape index (κ1) is 37.5. The van der Waals surface area contributed by atoms with Crippen LogP contribution < -0.4 is 9.47 Å². The average Bonchev–Trinajstić information content (AvgIpc) is 3.65. The normalized spacial score (nSPS) is 12.7. The molecule has 0 aliphatic rings. The second-order valence-electron chi connectivity index (χ2n) is 13.2. The lowest BCUT2D eigenvalue weighted by Crippen LogP contribution is -2.33. The molecule has 0 aliphatic heterocycles. The molecule has 1 amide bonds. The Kier molecular flexibility index (Phi) is 14.2. The number of ether oxygens (including phenoxy) is 3. The van der Waals surface area contributed by atoms with Crippen LogP contribution in [0.25, 0.3) is 28.2 Å². The third-order valence-electron chi connectivity index (χ3n) is 9.09. The smallest absolute Gasteiger partial charge is 0.416 e. The van der Waals surface area contributed by atoms with Gasteiger partial charge in [0, 0.05) is 13.1 Å². The number of benzene rings is 2. The van der Waals surface area contributed by atoms with Gasteiger partial charge in [0.2, 0.25) is 5.88 Å². The maximum Gasteiger partial charge on any atom is 0.416 e. The van der Waals surface area contributed by atoms with Gasteiger partial charge in [0.1, 0.15) is 17.4 Å². The molecule has 0 bridgehead atoms. The van der Waals surface area contributed by atoms with Gasteiger partial charge in [0.25, 0.3) is 0 Å². The topological polar surface area (TPSA) is 98.2 Å². The summed E-state index contributed by atoms with van der Waals surface area (Å²) >= 11 is 0. The molecule has 0 saturated carbocycles. The summed E-state index contributed by atoms with van der Waals surface area (Å²) in [6, 6.07) is 17.2. The summed E-state index contributed by atoms with van der Waals surface area (Å²) in [6.07, 6.45) is 7.11. The number of unbranched alkanes of at least 4 members (excludes halogenated alkanes) is 1. The summed E-state index contributed by atoms with van der Waals surface area (Å²) < 4.78 is 20.3. The Labute approximate surface area is 292 Å². The number of hydrogen-bond acceptors (Lipinski definition) is 6. The van der Waals surface area contributed by atoms with Gasteiger partial charge in [-0.3, -0.25) is 5.10 Å². The molecule has 2 aromatic heterocycles. The van der Waals surface area contributed by atoms with Crippen LogP contribution in [0.15, 0.2) is 54.6 Å². The van der Waals surface area contributed by atoms with E-state index in [2.05, 4.69) is 39.7 Å². The number of esters is 1. The Bertz CT molecular complexity index is 1620. The van der Waals surface area contributed by atoms with Crippen molar-refractivity contribution in [2.24, 2.45) is 11.8 Å². The van der Waals surface area contributed by atoms with E-state index >= 15 is 0 Å².